The predicted molar refractivity (Wildman–Crippen MR) is 72.7 cm³/mol. The summed E-state index contributed by atoms with van der Waals surface area (Å²) < 4.78 is 18.7. The normalized spacial score (nSPS) is 10.8. The first-order valence-corrected chi connectivity index (χ1v) is 6.23. The van der Waals surface area contributed by atoms with E-state index in [4.69, 9.17) is 10.5 Å². The van der Waals surface area contributed by atoms with Crippen LogP contribution in [0.5, 0.6) is 11.6 Å². The summed E-state index contributed by atoms with van der Waals surface area (Å²) in [5, 5.41) is 0. The fourth-order valence-electron chi connectivity index (χ4n) is 1.70. The van der Waals surface area contributed by atoms with Crippen molar-refractivity contribution in [2.24, 2.45) is 5.73 Å². The van der Waals surface area contributed by atoms with Crippen LogP contribution in [0.3, 0.4) is 0 Å². The number of aromatic nitrogens is 1. The van der Waals surface area contributed by atoms with Gasteiger partial charge in [0.15, 0.2) is 0 Å². The van der Waals surface area contributed by atoms with Crippen LogP contribution in [0.4, 0.5) is 4.39 Å². The first-order valence-electron chi connectivity index (χ1n) is 6.23. The molecule has 2 N–H and O–H groups in total. The Labute approximate surface area is 112 Å². The molecule has 0 fully saturated rings. The SMILES string of the molecule is CC(C)c1cc(CN)cc(Oc2cccc(F)c2)n1. The van der Waals surface area contributed by atoms with E-state index < -0.39 is 0 Å². The Kier molecular flexibility index (Phi) is 4.12. The lowest BCUT2D eigenvalue weighted by atomic mass is 10.1. The zero-order valence-corrected chi connectivity index (χ0v) is 11.1. The average molecular weight is 260 g/mol. The Hall–Kier alpha value is -1.94. The number of halogens is 1. The molecule has 0 atom stereocenters. The molecular weight excluding hydrogens is 243 g/mol. The molecule has 0 saturated heterocycles. The molecule has 19 heavy (non-hydrogen) atoms. The van der Waals surface area contributed by atoms with E-state index in [9.17, 15) is 4.39 Å². The number of nitrogens with zero attached hydrogens (tertiary/aromatic N) is 1. The Bertz CT molecular complexity index is 570. The summed E-state index contributed by atoms with van der Waals surface area (Å²) in [7, 11) is 0. The molecular formula is C15H17FN2O. The van der Waals surface area contributed by atoms with Gasteiger partial charge in [-0.1, -0.05) is 19.9 Å². The van der Waals surface area contributed by atoms with Crippen molar-refractivity contribution < 1.29 is 9.13 Å². The minimum Gasteiger partial charge on any atom is -0.439 e. The average Bonchev–Trinajstić information content (AvgIpc) is 2.38. The standard InChI is InChI=1S/C15H17FN2O/c1-10(2)14-6-11(9-17)7-15(18-14)19-13-5-3-4-12(16)8-13/h3-8,10H,9,17H2,1-2H3. The largest absolute Gasteiger partial charge is 0.439 e. The second-order valence-corrected chi connectivity index (χ2v) is 4.66. The first kappa shape index (κ1) is 13.5. The van der Waals surface area contributed by atoms with E-state index in [-0.39, 0.29) is 11.7 Å². The van der Waals surface area contributed by atoms with E-state index in [1.165, 1.54) is 12.1 Å². The minimum absolute atomic E-state index is 0.279. The molecule has 0 spiro atoms. The third kappa shape index (κ3) is 3.51. The van der Waals surface area contributed by atoms with Gasteiger partial charge in [-0.05, 0) is 29.7 Å². The molecule has 3 nitrogen and oxygen atoms in total. The highest BCUT2D eigenvalue weighted by molar-refractivity contribution is 5.31. The zero-order valence-electron chi connectivity index (χ0n) is 11.1. The van der Waals surface area contributed by atoms with Crippen LogP contribution in [-0.4, -0.2) is 4.98 Å². The van der Waals surface area contributed by atoms with Gasteiger partial charge in [0.2, 0.25) is 5.88 Å². The van der Waals surface area contributed by atoms with Crippen LogP contribution >= 0.6 is 0 Å². The van der Waals surface area contributed by atoms with Crippen LogP contribution in [0, 0.1) is 5.82 Å². The first-order chi connectivity index (χ1) is 9.08. The lowest BCUT2D eigenvalue weighted by molar-refractivity contribution is 0.454. The number of hydrogen-bond donors (Lipinski definition) is 1. The zero-order chi connectivity index (χ0) is 13.8. The monoisotopic (exact) mass is 260 g/mol. The molecule has 0 aliphatic carbocycles. The third-order valence-electron chi connectivity index (χ3n) is 2.73. The highest BCUT2D eigenvalue weighted by Crippen LogP contribution is 2.24. The molecule has 4 heteroatoms. The fraction of sp³-hybridized carbons (Fsp3) is 0.267. The molecule has 0 aliphatic rings. The third-order valence-corrected chi connectivity index (χ3v) is 2.73. The van der Waals surface area contributed by atoms with Gasteiger partial charge in [0.25, 0.3) is 0 Å². The molecule has 1 aromatic carbocycles. The number of hydrogen-bond acceptors (Lipinski definition) is 3. The van der Waals surface area contributed by atoms with Crippen LogP contribution in [0.2, 0.25) is 0 Å². The van der Waals surface area contributed by atoms with Crippen LogP contribution in [0.25, 0.3) is 0 Å². The molecule has 0 saturated carbocycles. The van der Waals surface area contributed by atoms with Gasteiger partial charge in [-0.3, -0.25) is 0 Å². The summed E-state index contributed by atoms with van der Waals surface area (Å²) in [6, 6.07) is 9.72. The topological polar surface area (TPSA) is 48.1 Å². The van der Waals surface area contributed by atoms with Crippen molar-refractivity contribution in [2.75, 3.05) is 0 Å². The molecule has 0 aliphatic heterocycles. The van der Waals surface area contributed by atoms with Crippen LogP contribution in [0.1, 0.15) is 31.0 Å². The van der Waals surface area contributed by atoms with Gasteiger partial charge < -0.3 is 10.5 Å². The maximum absolute atomic E-state index is 13.1. The van der Waals surface area contributed by atoms with E-state index in [1.54, 1.807) is 18.2 Å². The van der Waals surface area contributed by atoms with Crippen molar-refractivity contribution in [3.63, 3.8) is 0 Å². The van der Waals surface area contributed by atoms with Crippen LogP contribution in [0.15, 0.2) is 36.4 Å². The van der Waals surface area contributed by atoms with Crippen molar-refractivity contribution in [1.29, 1.82) is 0 Å². The quantitative estimate of drug-likeness (QED) is 0.913. The Balaban J connectivity index is 2.31. The van der Waals surface area contributed by atoms with Crippen molar-refractivity contribution in [3.8, 4) is 11.6 Å². The van der Waals surface area contributed by atoms with Gasteiger partial charge in [0, 0.05) is 24.4 Å². The summed E-state index contributed by atoms with van der Waals surface area (Å²) in [6.07, 6.45) is 0. The highest BCUT2D eigenvalue weighted by atomic mass is 19.1. The number of ether oxygens (including phenoxy) is 1. The van der Waals surface area contributed by atoms with Crippen molar-refractivity contribution in [3.05, 3.63) is 53.5 Å². The fourth-order valence-corrected chi connectivity index (χ4v) is 1.70. The second-order valence-electron chi connectivity index (χ2n) is 4.66. The van der Waals surface area contributed by atoms with Gasteiger partial charge in [-0.15, -0.1) is 0 Å². The van der Waals surface area contributed by atoms with E-state index >= 15 is 0 Å². The lowest BCUT2D eigenvalue weighted by Gasteiger charge is -2.11. The molecule has 2 aromatic rings. The van der Waals surface area contributed by atoms with Gasteiger partial charge in [0.1, 0.15) is 11.6 Å². The van der Waals surface area contributed by atoms with Crippen molar-refractivity contribution in [2.45, 2.75) is 26.3 Å². The highest BCUT2D eigenvalue weighted by Gasteiger charge is 2.07. The molecule has 1 aromatic heterocycles. The van der Waals surface area contributed by atoms with Gasteiger partial charge in [-0.2, -0.15) is 0 Å². The second kappa shape index (κ2) is 5.80. The molecule has 0 unspecified atom stereocenters. The maximum Gasteiger partial charge on any atom is 0.219 e. The van der Waals surface area contributed by atoms with Crippen LogP contribution in [-0.2, 0) is 6.54 Å². The van der Waals surface area contributed by atoms with Gasteiger partial charge >= 0.3 is 0 Å². The van der Waals surface area contributed by atoms with Crippen molar-refractivity contribution in [1.82, 2.24) is 4.98 Å². The summed E-state index contributed by atoms with van der Waals surface area (Å²) in [6.45, 7) is 4.52. The molecule has 0 bridgehead atoms. The number of nitrogens with two attached hydrogens (primary N) is 1. The van der Waals surface area contributed by atoms with Crippen molar-refractivity contribution >= 4 is 0 Å². The summed E-state index contributed by atoms with van der Waals surface area (Å²) in [5.41, 5.74) is 7.52. The maximum atomic E-state index is 13.1. The van der Waals surface area contributed by atoms with E-state index in [2.05, 4.69) is 18.8 Å². The lowest BCUT2D eigenvalue weighted by Crippen LogP contribution is -2.02. The molecule has 2 rings (SSSR count). The number of rotatable bonds is 4. The van der Waals surface area contributed by atoms with E-state index in [0.29, 0.717) is 18.2 Å². The number of benzene rings is 1. The molecule has 0 radical (unpaired) electrons. The predicted octanol–water partition coefficient (Wildman–Crippen LogP) is 3.60. The van der Waals surface area contributed by atoms with E-state index in [0.717, 1.165) is 11.3 Å². The minimum atomic E-state index is -0.337. The Morgan fingerprint density at radius 1 is 1.26 bits per heavy atom. The van der Waals surface area contributed by atoms with Crippen LogP contribution < -0.4 is 10.5 Å². The van der Waals surface area contributed by atoms with Gasteiger partial charge in [0.05, 0.1) is 0 Å². The summed E-state index contributed by atoms with van der Waals surface area (Å²) >= 11 is 0. The molecule has 0 amide bonds. The van der Waals surface area contributed by atoms with Gasteiger partial charge in [-0.25, -0.2) is 9.37 Å². The van der Waals surface area contributed by atoms with E-state index in [1.807, 2.05) is 6.07 Å². The summed E-state index contributed by atoms with van der Waals surface area (Å²) in [5.74, 6) is 0.812. The summed E-state index contributed by atoms with van der Waals surface area (Å²) in [4.78, 5) is 4.41. The Morgan fingerprint density at radius 3 is 2.68 bits per heavy atom. The molecule has 100 valence electrons. The smallest absolute Gasteiger partial charge is 0.219 e. The molecule has 1 heterocycles. The number of pyridine rings is 1. The Morgan fingerprint density at radius 2 is 2.05 bits per heavy atom.